The molecule has 10 heteroatoms. The SMILES string of the molecule is COc1ccc(Cl)cc1N(CC(=O)N(Cc1ccccc1C)C(Cc1ccccc1)C(=O)NC1CCCC1)S(C)(=O)=O. The number of anilines is 1. The number of amides is 2. The van der Waals surface area contributed by atoms with Crippen molar-refractivity contribution in [1.29, 1.82) is 0 Å². The second kappa shape index (κ2) is 14.1. The minimum Gasteiger partial charge on any atom is -0.495 e. The molecule has 1 aliphatic rings. The number of benzene rings is 3. The monoisotopic (exact) mass is 611 g/mol. The van der Waals surface area contributed by atoms with Gasteiger partial charge in [-0.25, -0.2) is 8.42 Å². The van der Waals surface area contributed by atoms with Crippen molar-refractivity contribution < 1.29 is 22.7 Å². The Balaban J connectivity index is 1.76. The van der Waals surface area contributed by atoms with Crippen molar-refractivity contribution >= 4 is 39.1 Å². The van der Waals surface area contributed by atoms with Crippen LogP contribution in [0.25, 0.3) is 0 Å². The fraction of sp³-hybridized carbons (Fsp3) is 0.375. The van der Waals surface area contributed by atoms with Crippen LogP contribution in [-0.2, 0) is 32.6 Å². The lowest BCUT2D eigenvalue weighted by molar-refractivity contribution is -0.140. The highest BCUT2D eigenvalue weighted by Gasteiger charge is 2.35. The van der Waals surface area contributed by atoms with Gasteiger partial charge < -0.3 is 15.0 Å². The molecule has 1 saturated carbocycles. The summed E-state index contributed by atoms with van der Waals surface area (Å²) in [6.07, 6.45) is 5.19. The van der Waals surface area contributed by atoms with Crippen molar-refractivity contribution in [3.8, 4) is 5.75 Å². The molecule has 224 valence electrons. The molecule has 3 aromatic carbocycles. The molecule has 0 aromatic heterocycles. The summed E-state index contributed by atoms with van der Waals surface area (Å²) in [5.41, 5.74) is 2.86. The summed E-state index contributed by atoms with van der Waals surface area (Å²) in [4.78, 5) is 29.8. The number of methoxy groups -OCH3 is 1. The predicted octanol–water partition coefficient (Wildman–Crippen LogP) is 5.12. The van der Waals surface area contributed by atoms with Gasteiger partial charge in [0.2, 0.25) is 21.8 Å². The van der Waals surface area contributed by atoms with Gasteiger partial charge >= 0.3 is 0 Å². The number of ether oxygens (including phenoxy) is 1. The Bertz CT molecular complexity index is 1490. The fourth-order valence-corrected chi connectivity index (χ4v) is 6.36. The Labute approximate surface area is 253 Å². The highest BCUT2D eigenvalue weighted by atomic mass is 35.5. The quantitative estimate of drug-likeness (QED) is 0.307. The summed E-state index contributed by atoms with van der Waals surface area (Å²) >= 11 is 6.23. The summed E-state index contributed by atoms with van der Waals surface area (Å²) in [7, 11) is -2.53. The van der Waals surface area contributed by atoms with Crippen molar-refractivity contribution in [2.45, 2.75) is 57.7 Å². The maximum atomic E-state index is 14.3. The standard InChI is InChI=1S/C32H38ClN3O5S/c1-23-11-7-8-14-25(23)21-35(29(19-24-12-5-4-6-13-24)32(38)34-27-15-9-10-16-27)31(37)22-36(42(3,39)40)28-20-26(33)17-18-30(28)41-2/h4-8,11-14,17-18,20,27,29H,9-10,15-16,19,21-22H2,1-3H3,(H,34,38). The maximum absolute atomic E-state index is 14.3. The summed E-state index contributed by atoms with van der Waals surface area (Å²) < 4.78 is 32.6. The lowest BCUT2D eigenvalue weighted by Gasteiger charge is -2.34. The van der Waals surface area contributed by atoms with Crippen LogP contribution in [0.5, 0.6) is 5.75 Å². The van der Waals surface area contributed by atoms with E-state index in [-0.39, 0.29) is 36.4 Å². The molecule has 2 amide bonds. The van der Waals surface area contributed by atoms with Crippen molar-refractivity contribution in [3.05, 3.63) is 94.5 Å². The molecule has 0 saturated heterocycles. The number of aryl methyl sites for hydroxylation is 1. The first-order chi connectivity index (χ1) is 20.1. The summed E-state index contributed by atoms with van der Waals surface area (Å²) in [6.45, 7) is 1.54. The van der Waals surface area contributed by atoms with Crippen LogP contribution in [0.15, 0.2) is 72.8 Å². The number of carbonyl (C=O) groups is 2. The zero-order valence-corrected chi connectivity index (χ0v) is 25.8. The van der Waals surface area contributed by atoms with Crippen molar-refractivity contribution in [3.63, 3.8) is 0 Å². The van der Waals surface area contributed by atoms with Gasteiger partial charge in [0.1, 0.15) is 18.3 Å². The van der Waals surface area contributed by atoms with E-state index < -0.39 is 28.5 Å². The highest BCUT2D eigenvalue weighted by Crippen LogP contribution is 2.33. The predicted molar refractivity (Wildman–Crippen MR) is 166 cm³/mol. The molecular formula is C32H38ClN3O5S. The highest BCUT2D eigenvalue weighted by molar-refractivity contribution is 7.92. The third-order valence-corrected chi connectivity index (χ3v) is 9.02. The average Bonchev–Trinajstić information content (AvgIpc) is 3.47. The Morgan fingerprint density at radius 2 is 1.69 bits per heavy atom. The van der Waals surface area contributed by atoms with E-state index in [4.69, 9.17) is 16.3 Å². The Morgan fingerprint density at radius 1 is 1.02 bits per heavy atom. The molecule has 0 spiro atoms. The van der Waals surface area contributed by atoms with Gasteiger partial charge in [-0.3, -0.25) is 13.9 Å². The number of sulfonamides is 1. The first-order valence-corrected chi connectivity index (χ1v) is 16.3. The van der Waals surface area contributed by atoms with E-state index in [1.807, 2.05) is 61.5 Å². The normalized spacial score (nSPS) is 14.3. The van der Waals surface area contributed by atoms with Crippen molar-refractivity contribution in [2.24, 2.45) is 0 Å². The molecule has 1 N–H and O–H groups in total. The zero-order valence-electron chi connectivity index (χ0n) is 24.3. The summed E-state index contributed by atoms with van der Waals surface area (Å²) in [5.74, 6) is -0.518. The number of rotatable bonds is 12. The Hall–Kier alpha value is -3.56. The molecule has 4 rings (SSSR count). The first kappa shape index (κ1) is 31.4. The molecule has 1 atom stereocenters. The second-order valence-electron chi connectivity index (χ2n) is 10.7. The van der Waals surface area contributed by atoms with Crippen molar-refractivity contribution in [2.75, 3.05) is 24.2 Å². The molecule has 1 fully saturated rings. The molecule has 3 aromatic rings. The van der Waals surface area contributed by atoms with Gasteiger partial charge in [0.05, 0.1) is 19.1 Å². The minimum absolute atomic E-state index is 0.0504. The zero-order chi connectivity index (χ0) is 30.3. The molecule has 42 heavy (non-hydrogen) atoms. The van der Waals surface area contributed by atoms with Crippen LogP contribution in [-0.4, -0.2) is 57.1 Å². The number of nitrogens with one attached hydrogen (secondary N) is 1. The Kier molecular flexibility index (Phi) is 10.5. The van der Waals surface area contributed by atoms with E-state index in [1.54, 1.807) is 12.1 Å². The third kappa shape index (κ3) is 8.04. The third-order valence-electron chi connectivity index (χ3n) is 7.66. The number of nitrogens with zero attached hydrogens (tertiary/aromatic N) is 2. The van der Waals surface area contributed by atoms with Crippen LogP contribution in [0.4, 0.5) is 5.69 Å². The van der Waals surface area contributed by atoms with Gasteiger partial charge in [-0.05, 0) is 54.7 Å². The van der Waals surface area contributed by atoms with Crippen LogP contribution in [0.1, 0.15) is 42.4 Å². The topological polar surface area (TPSA) is 96.0 Å². The van der Waals surface area contributed by atoms with Gasteiger partial charge in [0, 0.05) is 24.0 Å². The van der Waals surface area contributed by atoms with Gasteiger partial charge in [0.25, 0.3) is 0 Å². The molecule has 0 bridgehead atoms. The number of halogens is 1. The first-order valence-electron chi connectivity index (χ1n) is 14.1. The second-order valence-corrected chi connectivity index (χ2v) is 13.1. The Morgan fingerprint density at radius 3 is 2.33 bits per heavy atom. The lowest BCUT2D eigenvalue weighted by atomic mass is 10.0. The van der Waals surface area contributed by atoms with Crippen LogP contribution >= 0.6 is 11.6 Å². The largest absolute Gasteiger partial charge is 0.495 e. The van der Waals surface area contributed by atoms with Crippen LogP contribution in [0.3, 0.4) is 0 Å². The van der Waals surface area contributed by atoms with E-state index in [9.17, 15) is 18.0 Å². The molecule has 1 aliphatic carbocycles. The van der Waals surface area contributed by atoms with Gasteiger partial charge in [-0.2, -0.15) is 0 Å². The average molecular weight is 612 g/mol. The summed E-state index contributed by atoms with van der Waals surface area (Å²) in [5, 5.41) is 3.47. The van der Waals surface area contributed by atoms with E-state index >= 15 is 0 Å². The molecule has 0 heterocycles. The summed E-state index contributed by atoms with van der Waals surface area (Å²) in [6, 6.07) is 21.0. The van der Waals surface area contributed by atoms with E-state index in [2.05, 4.69) is 5.32 Å². The molecular weight excluding hydrogens is 574 g/mol. The van der Waals surface area contributed by atoms with E-state index in [1.165, 1.54) is 18.1 Å². The van der Waals surface area contributed by atoms with Crippen LogP contribution in [0.2, 0.25) is 5.02 Å². The smallest absolute Gasteiger partial charge is 0.244 e. The minimum atomic E-state index is -3.95. The van der Waals surface area contributed by atoms with Crippen LogP contribution in [0, 0.1) is 6.92 Å². The molecule has 8 nitrogen and oxygen atoms in total. The fourth-order valence-electron chi connectivity index (χ4n) is 5.35. The van der Waals surface area contributed by atoms with E-state index in [0.29, 0.717) is 5.02 Å². The number of hydrogen-bond acceptors (Lipinski definition) is 5. The number of carbonyl (C=O) groups excluding carboxylic acids is 2. The van der Waals surface area contributed by atoms with Crippen molar-refractivity contribution in [1.82, 2.24) is 10.2 Å². The molecule has 0 aliphatic heterocycles. The van der Waals surface area contributed by atoms with Gasteiger partial charge in [-0.15, -0.1) is 0 Å². The van der Waals surface area contributed by atoms with Crippen LogP contribution < -0.4 is 14.4 Å². The van der Waals surface area contributed by atoms with Gasteiger partial charge in [-0.1, -0.05) is 79.0 Å². The lowest BCUT2D eigenvalue weighted by Crippen LogP contribution is -2.54. The van der Waals surface area contributed by atoms with E-state index in [0.717, 1.165) is 52.9 Å². The van der Waals surface area contributed by atoms with Gasteiger partial charge in [0.15, 0.2) is 0 Å². The maximum Gasteiger partial charge on any atom is 0.244 e. The number of hydrogen-bond donors (Lipinski definition) is 1. The molecule has 0 radical (unpaired) electrons. The molecule has 1 unspecified atom stereocenters.